The molecule has 1 saturated heterocycles. The van der Waals surface area contributed by atoms with Crippen LogP contribution in [0.2, 0.25) is 0 Å². The first-order chi connectivity index (χ1) is 9.52. The van der Waals surface area contributed by atoms with E-state index < -0.39 is 0 Å². The van der Waals surface area contributed by atoms with Crippen molar-refractivity contribution in [1.82, 2.24) is 19.8 Å². The summed E-state index contributed by atoms with van der Waals surface area (Å²) in [7, 11) is 1.86. The van der Waals surface area contributed by atoms with Crippen molar-refractivity contribution >= 4 is 41.7 Å². The molecule has 0 unspecified atom stereocenters. The Morgan fingerprint density at radius 2 is 2.29 bits per heavy atom. The number of hydrogen-bond acceptors (Lipinski definition) is 3. The molecular formula is C14H26IN5S. The van der Waals surface area contributed by atoms with Crippen LogP contribution in [0.1, 0.15) is 19.7 Å². The maximum absolute atomic E-state index is 4.42. The van der Waals surface area contributed by atoms with Gasteiger partial charge in [-0.3, -0.25) is 4.99 Å². The number of halogens is 1. The fourth-order valence-electron chi connectivity index (χ4n) is 2.46. The zero-order valence-electron chi connectivity index (χ0n) is 13.3. The largest absolute Gasteiger partial charge is 0.354 e. The molecule has 2 heterocycles. The second kappa shape index (κ2) is 8.26. The Bertz CT molecular complexity index is 472. The highest BCUT2D eigenvalue weighted by atomic mass is 127. The first kappa shape index (κ1) is 18.6. The molecule has 7 heteroatoms. The maximum atomic E-state index is 4.42. The summed E-state index contributed by atoms with van der Waals surface area (Å²) in [6, 6.07) is 0. The topological polar surface area (TPSA) is 45.5 Å². The fourth-order valence-corrected chi connectivity index (χ4v) is 3.57. The van der Waals surface area contributed by atoms with Crippen LogP contribution in [0.5, 0.6) is 0 Å². The molecule has 0 spiro atoms. The van der Waals surface area contributed by atoms with Crippen molar-refractivity contribution in [3.63, 3.8) is 0 Å². The Kier molecular flexibility index (Phi) is 7.32. The maximum Gasteiger partial charge on any atom is 0.193 e. The van der Waals surface area contributed by atoms with Crippen LogP contribution < -0.4 is 5.32 Å². The summed E-state index contributed by atoms with van der Waals surface area (Å²) in [4.78, 5) is 11.0. The second-order valence-corrected chi connectivity index (χ2v) is 7.47. The van der Waals surface area contributed by atoms with E-state index in [1.54, 1.807) is 0 Å². The average molecular weight is 423 g/mol. The minimum Gasteiger partial charge on any atom is -0.354 e. The number of nitrogens with zero attached hydrogens (tertiary/aromatic N) is 4. The van der Waals surface area contributed by atoms with E-state index in [0.29, 0.717) is 4.75 Å². The fraction of sp³-hybridized carbons (Fsp3) is 0.714. The van der Waals surface area contributed by atoms with Crippen LogP contribution in [0, 0.1) is 6.92 Å². The van der Waals surface area contributed by atoms with Gasteiger partial charge in [0, 0.05) is 56.1 Å². The van der Waals surface area contributed by atoms with Gasteiger partial charge in [0.05, 0.1) is 0 Å². The van der Waals surface area contributed by atoms with Crippen molar-refractivity contribution in [3.8, 4) is 0 Å². The number of imidazole rings is 1. The second-order valence-electron chi connectivity index (χ2n) is 5.67. The zero-order valence-corrected chi connectivity index (χ0v) is 16.4. The van der Waals surface area contributed by atoms with Gasteiger partial charge in [-0.05, 0) is 20.8 Å². The van der Waals surface area contributed by atoms with Gasteiger partial charge in [0.25, 0.3) is 0 Å². The third kappa shape index (κ3) is 5.36. The van der Waals surface area contributed by atoms with E-state index in [1.165, 1.54) is 0 Å². The van der Waals surface area contributed by atoms with Crippen LogP contribution in [0.3, 0.4) is 0 Å². The van der Waals surface area contributed by atoms with Crippen LogP contribution in [-0.2, 0) is 6.54 Å². The Morgan fingerprint density at radius 3 is 2.86 bits per heavy atom. The molecule has 0 aliphatic carbocycles. The molecule has 1 aliphatic rings. The smallest absolute Gasteiger partial charge is 0.193 e. The van der Waals surface area contributed by atoms with Gasteiger partial charge in [-0.2, -0.15) is 11.8 Å². The monoisotopic (exact) mass is 423 g/mol. The molecule has 120 valence electrons. The summed E-state index contributed by atoms with van der Waals surface area (Å²) < 4.78 is 2.45. The van der Waals surface area contributed by atoms with Gasteiger partial charge in [0.15, 0.2) is 5.96 Å². The molecule has 0 atom stereocenters. The highest BCUT2D eigenvalue weighted by Crippen LogP contribution is 2.29. The van der Waals surface area contributed by atoms with Crippen molar-refractivity contribution < 1.29 is 0 Å². The number of rotatable bonds is 3. The standard InChI is InChI=1S/C14H25N5S.HI/c1-12-16-5-7-18(12)8-6-17-13(15-4)19-9-10-20-14(2,3)11-19;/h5,7H,6,8-11H2,1-4H3,(H,15,17);1H. The van der Waals surface area contributed by atoms with Gasteiger partial charge in [0.2, 0.25) is 0 Å². The third-order valence-corrected chi connectivity index (χ3v) is 4.79. The number of guanidine groups is 1. The predicted molar refractivity (Wildman–Crippen MR) is 102 cm³/mol. The minimum absolute atomic E-state index is 0. The molecule has 1 N–H and O–H groups in total. The van der Waals surface area contributed by atoms with Gasteiger partial charge < -0.3 is 14.8 Å². The Hall–Kier alpha value is -0.440. The summed E-state index contributed by atoms with van der Waals surface area (Å²) in [5, 5.41) is 3.46. The van der Waals surface area contributed by atoms with Crippen molar-refractivity contribution in [2.24, 2.45) is 4.99 Å². The van der Waals surface area contributed by atoms with Crippen LogP contribution in [0.15, 0.2) is 17.4 Å². The van der Waals surface area contributed by atoms with Crippen LogP contribution in [0.4, 0.5) is 0 Å². The first-order valence-electron chi connectivity index (χ1n) is 7.09. The number of hydrogen-bond donors (Lipinski definition) is 1. The molecule has 0 radical (unpaired) electrons. The molecule has 1 aromatic heterocycles. The summed E-state index contributed by atoms with van der Waals surface area (Å²) in [6.45, 7) is 10.5. The number of thioether (sulfide) groups is 1. The van der Waals surface area contributed by atoms with Gasteiger partial charge in [0.1, 0.15) is 5.82 Å². The van der Waals surface area contributed by atoms with Gasteiger partial charge in [-0.15, -0.1) is 24.0 Å². The van der Waals surface area contributed by atoms with E-state index >= 15 is 0 Å². The minimum atomic E-state index is 0. The lowest BCUT2D eigenvalue weighted by molar-refractivity contribution is 0.375. The molecule has 0 aromatic carbocycles. The molecule has 1 fully saturated rings. The first-order valence-corrected chi connectivity index (χ1v) is 8.08. The van der Waals surface area contributed by atoms with Crippen molar-refractivity contribution in [2.75, 3.05) is 32.4 Å². The normalized spacial score (nSPS) is 18.3. The number of aryl methyl sites for hydroxylation is 1. The summed E-state index contributed by atoms with van der Waals surface area (Å²) in [6.07, 6.45) is 3.86. The SMILES string of the molecule is CN=C(NCCn1ccnc1C)N1CCSC(C)(C)C1.I. The highest BCUT2D eigenvalue weighted by Gasteiger charge is 2.28. The summed E-state index contributed by atoms with van der Waals surface area (Å²) in [5.74, 6) is 3.22. The number of nitrogens with one attached hydrogen (secondary N) is 1. The number of aromatic nitrogens is 2. The quantitative estimate of drug-likeness (QED) is 0.460. The molecule has 0 bridgehead atoms. The molecule has 0 saturated carbocycles. The molecule has 5 nitrogen and oxygen atoms in total. The van der Waals surface area contributed by atoms with Crippen molar-refractivity contribution in [1.29, 1.82) is 0 Å². The molecule has 1 aromatic rings. The molecule has 0 amide bonds. The van der Waals surface area contributed by atoms with Gasteiger partial charge in [-0.25, -0.2) is 4.98 Å². The Morgan fingerprint density at radius 1 is 1.52 bits per heavy atom. The average Bonchev–Trinajstić information content (AvgIpc) is 2.79. The van der Waals surface area contributed by atoms with Crippen molar-refractivity contribution in [3.05, 3.63) is 18.2 Å². The Balaban J connectivity index is 0.00000220. The van der Waals surface area contributed by atoms with E-state index in [1.807, 2.05) is 38.1 Å². The van der Waals surface area contributed by atoms with Crippen molar-refractivity contribution in [2.45, 2.75) is 32.1 Å². The van der Waals surface area contributed by atoms with Gasteiger partial charge in [-0.1, -0.05) is 0 Å². The summed E-state index contributed by atoms with van der Waals surface area (Å²) in [5.41, 5.74) is 0. The highest BCUT2D eigenvalue weighted by molar-refractivity contribution is 14.0. The molecule has 2 rings (SSSR count). The molecule has 1 aliphatic heterocycles. The zero-order chi connectivity index (χ0) is 14.6. The van der Waals surface area contributed by atoms with Crippen LogP contribution in [-0.4, -0.2) is 57.6 Å². The van der Waals surface area contributed by atoms with Crippen LogP contribution in [0.25, 0.3) is 0 Å². The van der Waals surface area contributed by atoms with E-state index in [4.69, 9.17) is 0 Å². The van der Waals surface area contributed by atoms with Crippen LogP contribution >= 0.6 is 35.7 Å². The molecule has 21 heavy (non-hydrogen) atoms. The van der Waals surface area contributed by atoms with E-state index in [0.717, 1.165) is 43.7 Å². The van der Waals surface area contributed by atoms with E-state index in [-0.39, 0.29) is 24.0 Å². The molecular weight excluding hydrogens is 397 g/mol. The Labute approximate surface area is 149 Å². The van der Waals surface area contributed by atoms with E-state index in [9.17, 15) is 0 Å². The van der Waals surface area contributed by atoms with Gasteiger partial charge >= 0.3 is 0 Å². The third-order valence-electron chi connectivity index (χ3n) is 3.50. The predicted octanol–water partition coefficient (Wildman–Crippen LogP) is 2.21. The number of aliphatic imine (C=N–C) groups is 1. The lowest BCUT2D eigenvalue weighted by Gasteiger charge is -2.39. The lowest BCUT2D eigenvalue weighted by atomic mass is 10.2. The lowest BCUT2D eigenvalue weighted by Crippen LogP contribution is -2.51. The summed E-state index contributed by atoms with van der Waals surface area (Å²) >= 11 is 2.04. The van der Waals surface area contributed by atoms with E-state index in [2.05, 4.69) is 38.6 Å².